The summed E-state index contributed by atoms with van der Waals surface area (Å²) >= 11 is 0. The van der Waals surface area contributed by atoms with Gasteiger partial charge in [-0.05, 0) is 26.3 Å². The molecular formula is C9H17NO. The first-order chi connectivity index (χ1) is 5.33. The van der Waals surface area contributed by atoms with E-state index >= 15 is 0 Å². The number of nitrogens with one attached hydrogen (secondary N) is 1. The minimum atomic E-state index is 0.545. The Hall–Kier alpha value is -0.0800. The van der Waals surface area contributed by atoms with Gasteiger partial charge in [-0.1, -0.05) is 6.42 Å². The number of hydrogen-bond donors (Lipinski definition) is 1. The molecule has 2 aliphatic rings. The molecule has 2 atom stereocenters. The predicted molar refractivity (Wildman–Crippen MR) is 44.5 cm³/mol. The van der Waals surface area contributed by atoms with Gasteiger partial charge >= 0.3 is 0 Å². The van der Waals surface area contributed by atoms with Gasteiger partial charge in [0, 0.05) is 18.6 Å². The zero-order valence-corrected chi connectivity index (χ0v) is 7.39. The van der Waals surface area contributed by atoms with Gasteiger partial charge in [0.2, 0.25) is 0 Å². The Kier molecular flexibility index (Phi) is 1.69. The largest absolute Gasteiger partial charge is 0.381 e. The maximum atomic E-state index is 5.44. The minimum absolute atomic E-state index is 0.545. The van der Waals surface area contributed by atoms with Crippen molar-refractivity contribution in [3.63, 3.8) is 0 Å². The van der Waals surface area contributed by atoms with Crippen LogP contribution in [0.3, 0.4) is 0 Å². The van der Waals surface area contributed by atoms with Crippen LogP contribution in [0.15, 0.2) is 0 Å². The molecule has 0 aromatic carbocycles. The second-order valence-corrected chi connectivity index (χ2v) is 3.89. The van der Waals surface area contributed by atoms with E-state index in [0.717, 1.165) is 6.04 Å². The van der Waals surface area contributed by atoms with Gasteiger partial charge in [0.1, 0.15) is 0 Å². The summed E-state index contributed by atoms with van der Waals surface area (Å²) in [5.74, 6) is 0. The molecule has 0 saturated heterocycles. The summed E-state index contributed by atoms with van der Waals surface area (Å²) in [5.41, 5.74) is 0.545. The van der Waals surface area contributed by atoms with Crippen LogP contribution in [0.5, 0.6) is 0 Å². The topological polar surface area (TPSA) is 21.3 Å². The molecule has 64 valence electrons. The van der Waals surface area contributed by atoms with Crippen molar-refractivity contribution in [2.24, 2.45) is 5.41 Å². The number of rotatable bonds is 2. The number of ether oxygens (including phenoxy) is 1. The van der Waals surface area contributed by atoms with Crippen molar-refractivity contribution in [1.29, 1.82) is 0 Å². The van der Waals surface area contributed by atoms with E-state index in [9.17, 15) is 0 Å². The van der Waals surface area contributed by atoms with E-state index in [1.165, 1.54) is 25.7 Å². The third-order valence-electron chi connectivity index (χ3n) is 3.70. The molecule has 0 bridgehead atoms. The molecular weight excluding hydrogens is 138 g/mol. The molecule has 11 heavy (non-hydrogen) atoms. The zero-order chi connectivity index (χ0) is 7.90. The third-order valence-corrected chi connectivity index (χ3v) is 3.70. The van der Waals surface area contributed by atoms with Crippen molar-refractivity contribution in [2.75, 3.05) is 14.2 Å². The Morgan fingerprint density at radius 2 is 2.18 bits per heavy atom. The highest BCUT2D eigenvalue weighted by atomic mass is 16.5. The summed E-state index contributed by atoms with van der Waals surface area (Å²) in [5, 5.41) is 3.38. The van der Waals surface area contributed by atoms with E-state index in [4.69, 9.17) is 4.74 Å². The van der Waals surface area contributed by atoms with Crippen molar-refractivity contribution in [3.8, 4) is 0 Å². The van der Waals surface area contributed by atoms with Gasteiger partial charge in [0.15, 0.2) is 0 Å². The molecule has 2 nitrogen and oxygen atoms in total. The lowest BCUT2D eigenvalue weighted by Crippen LogP contribution is -2.65. The molecule has 2 rings (SSSR count). The van der Waals surface area contributed by atoms with Crippen LogP contribution in [0, 0.1) is 5.41 Å². The van der Waals surface area contributed by atoms with Gasteiger partial charge < -0.3 is 10.1 Å². The van der Waals surface area contributed by atoms with Crippen molar-refractivity contribution in [1.82, 2.24) is 5.32 Å². The quantitative estimate of drug-likeness (QED) is 0.646. The summed E-state index contributed by atoms with van der Waals surface area (Å²) in [7, 11) is 3.91. The molecule has 0 unspecified atom stereocenters. The first kappa shape index (κ1) is 7.56. The lowest BCUT2D eigenvalue weighted by atomic mass is 9.51. The fourth-order valence-corrected chi connectivity index (χ4v) is 2.74. The molecule has 0 radical (unpaired) electrons. The lowest BCUT2D eigenvalue weighted by molar-refractivity contribution is -0.159. The van der Waals surface area contributed by atoms with Crippen LogP contribution in [-0.4, -0.2) is 26.3 Å². The van der Waals surface area contributed by atoms with Crippen LogP contribution in [0.2, 0.25) is 0 Å². The summed E-state index contributed by atoms with van der Waals surface area (Å²) in [6, 6.07) is 0.737. The van der Waals surface area contributed by atoms with Crippen LogP contribution in [0.25, 0.3) is 0 Å². The van der Waals surface area contributed by atoms with Gasteiger partial charge in [-0.15, -0.1) is 0 Å². The van der Waals surface area contributed by atoms with E-state index in [0.29, 0.717) is 11.5 Å². The van der Waals surface area contributed by atoms with Crippen molar-refractivity contribution in [2.45, 2.75) is 37.8 Å². The van der Waals surface area contributed by atoms with Gasteiger partial charge in [-0.3, -0.25) is 0 Å². The lowest BCUT2D eigenvalue weighted by Gasteiger charge is -2.60. The molecule has 0 amide bonds. The summed E-state index contributed by atoms with van der Waals surface area (Å²) in [6.07, 6.45) is 5.91. The van der Waals surface area contributed by atoms with Crippen molar-refractivity contribution < 1.29 is 4.74 Å². The molecule has 0 aromatic rings. The second-order valence-electron chi connectivity index (χ2n) is 3.89. The van der Waals surface area contributed by atoms with Gasteiger partial charge in [0.25, 0.3) is 0 Å². The highest BCUT2D eigenvalue weighted by molar-refractivity contribution is 5.11. The Balaban J connectivity index is 2.01. The van der Waals surface area contributed by atoms with Crippen LogP contribution >= 0.6 is 0 Å². The number of hydrogen-bond acceptors (Lipinski definition) is 2. The van der Waals surface area contributed by atoms with Gasteiger partial charge in [-0.2, -0.15) is 0 Å². The molecule has 1 spiro atoms. The second kappa shape index (κ2) is 2.46. The molecule has 1 N–H and O–H groups in total. The minimum Gasteiger partial charge on any atom is -0.381 e. The molecule has 2 aliphatic carbocycles. The fourth-order valence-electron chi connectivity index (χ4n) is 2.74. The van der Waals surface area contributed by atoms with E-state index in [1.54, 1.807) is 0 Å². The number of methoxy groups -OCH3 is 1. The Morgan fingerprint density at radius 3 is 2.55 bits per heavy atom. The van der Waals surface area contributed by atoms with Crippen LogP contribution in [0.4, 0.5) is 0 Å². The third kappa shape index (κ3) is 0.798. The van der Waals surface area contributed by atoms with E-state index in [-0.39, 0.29) is 0 Å². The Morgan fingerprint density at radius 1 is 1.45 bits per heavy atom. The van der Waals surface area contributed by atoms with Crippen LogP contribution in [0.1, 0.15) is 25.7 Å². The first-order valence-electron chi connectivity index (χ1n) is 4.53. The maximum Gasteiger partial charge on any atom is 0.0657 e. The summed E-state index contributed by atoms with van der Waals surface area (Å²) < 4.78 is 5.44. The summed E-state index contributed by atoms with van der Waals surface area (Å²) in [6.45, 7) is 0. The summed E-state index contributed by atoms with van der Waals surface area (Å²) in [4.78, 5) is 0. The highest BCUT2D eigenvalue weighted by Gasteiger charge is 2.57. The van der Waals surface area contributed by atoms with Crippen LogP contribution < -0.4 is 5.32 Å². The maximum absolute atomic E-state index is 5.44. The van der Waals surface area contributed by atoms with Crippen LogP contribution in [-0.2, 0) is 4.74 Å². The fraction of sp³-hybridized carbons (Fsp3) is 1.00. The molecule has 2 heteroatoms. The Bertz CT molecular complexity index is 142. The SMILES string of the molecule is CN[C@H]1C[C@H](OC)C12CCC2. The Labute approximate surface area is 68.3 Å². The average molecular weight is 155 g/mol. The predicted octanol–water partition coefficient (Wildman–Crippen LogP) is 1.16. The molecule has 2 fully saturated rings. The molecule has 2 saturated carbocycles. The van der Waals surface area contributed by atoms with Crippen molar-refractivity contribution in [3.05, 3.63) is 0 Å². The molecule has 0 aromatic heterocycles. The van der Waals surface area contributed by atoms with E-state index < -0.39 is 0 Å². The average Bonchev–Trinajstić information content (AvgIpc) is 1.84. The standard InChI is InChI=1S/C9H17NO/c1-10-7-6-8(11-2)9(7)4-3-5-9/h7-8,10H,3-6H2,1-2H3/t7-,8-/m0/s1. The zero-order valence-electron chi connectivity index (χ0n) is 7.39. The molecule has 0 heterocycles. The van der Waals surface area contributed by atoms with Gasteiger partial charge in [-0.25, -0.2) is 0 Å². The van der Waals surface area contributed by atoms with Gasteiger partial charge in [0.05, 0.1) is 6.10 Å². The van der Waals surface area contributed by atoms with E-state index in [2.05, 4.69) is 12.4 Å². The monoisotopic (exact) mass is 155 g/mol. The smallest absolute Gasteiger partial charge is 0.0657 e. The molecule has 0 aliphatic heterocycles. The van der Waals surface area contributed by atoms with Crippen molar-refractivity contribution >= 4 is 0 Å². The first-order valence-corrected chi connectivity index (χ1v) is 4.53. The van der Waals surface area contributed by atoms with E-state index in [1.807, 2.05) is 7.11 Å². The normalized spacial score (nSPS) is 39.8. The highest BCUT2D eigenvalue weighted by Crippen LogP contribution is 2.56.